The number of nitrogens with one attached hydrogen (secondary N) is 1. The number of carbonyl (C=O) groups excluding carboxylic acids is 2. The summed E-state index contributed by atoms with van der Waals surface area (Å²) in [7, 11) is 0. The van der Waals surface area contributed by atoms with E-state index in [0.29, 0.717) is 5.69 Å². The molecule has 0 bridgehead atoms. The molecular formula is C17H15BrFNO3S. The molecule has 0 unspecified atom stereocenters. The Morgan fingerprint density at radius 1 is 1.04 bits per heavy atom. The van der Waals surface area contributed by atoms with Crippen LogP contribution in [0.3, 0.4) is 0 Å². The molecule has 2 aromatic carbocycles. The van der Waals surface area contributed by atoms with Gasteiger partial charge < -0.3 is 10.1 Å². The molecule has 0 atom stereocenters. The highest BCUT2D eigenvalue weighted by Gasteiger charge is 2.07. The van der Waals surface area contributed by atoms with Crippen LogP contribution in [-0.2, 0) is 20.9 Å². The summed E-state index contributed by atoms with van der Waals surface area (Å²) in [6.45, 7) is 0.203. The van der Waals surface area contributed by atoms with E-state index in [2.05, 4.69) is 21.2 Å². The molecule has 0 radical (unpaired) electrons. The van der Waals surface area contributed by atoms with Crippen molar-refractivity contribution < 1.29 is 18.7 Å². The topological polar surface area (TPSA) is 55.4 Å². The average molecular weight is 412 g/mol. The van der Waals surface area contributed by atoms with E-state index in [4.69, 9.17) is 4.74 Å². The van der Waals surface area contributed by atoms with Crippen molar-refractivity contribution in [2.24, 2.45) is 0 Å². The van der Waals surface area contributed by atoms with Crippen LogP contribution >= 0.6 is 27.7 Å². The molecule has 126 valence electrons. The molecule has 1 amide bonds. The SMILES string of the molecule is O=C(CSCC(=O)OCc1ccc(Br)cc1)Nc1ccc(F)cc1. The molecule has 0 fully saturated rings. The van der Waals surface area contributed by atoms with E-state index in [-0.39, 0.29) is 35.8 Å². The molecule has 0 aliphatic carbocycles. The molecule has 0 aliphatic heterocycles. The van der Waals surface area contributed by atoms with Crippen LogP contribution in [0.25, 0.3) is 0 Å². The minimum atomic E-state index is -0.377. The van der Waals surface area contributed by atoms with Crippen molar-refractivity contribution in [1.29, 1.82) is 0 Å². The lowest BCUT2D eigenvalue weighted by atomic mass is 10.2. The fraction of sp³-hybridized carbons (Fsp3) is 0.176. The number of esters is 1. The number of ether oxygens (including phenoxy) is 1. The lowest BCUT2D eigenvalue weighted by molar-refractivity contribution is -0.141. The van der Waals surface area contributed by atoms with Crippen LogP contribution in [0.1, 0.15) is 5.56 Å². The van der Waals surface area contributed by atoms with E-state index in [1.807, 2.05) is 24.3 Å². The van der Waals surface area contributed by atoms with Crippen LogP contribution in [0.4, 0.5) is 10.1 Å². The second-order valence-electron chi connectivity index (χ2n) is 4.84. The quantitative estimate of drug-likeness (QED) is 0.699. The summed E-state index contributed by atoms with van der Waals surface area (Å²) in [5.41, 5.74) is 1.41. The van der Waals surface area contributed by atoms with Crippen molar-refractivity contribution >= 4 is 45.3 Å². The first-order chi connectivity index (χ1) is 11.5. The predicted molar refractivity (Wildman–Crippen MR) is 96.3 cm³/mol. The van der Waals surface area contributed by atoms with Gasteiger partial charge in [-0.1, -0.05) is 28.1 Å². The minimum absolute atomic E-state index is 0.0906. The van der Waals surface area contributed by atoms with Gasteiger partial charge in [-0.2, -0.15) is 0 Å². The molecule has 0 saturated heterocycles. The van der Waals surface area contributed by atoms with Crippen LogP contribution in [-0.4, -0.2) is 23.4 Å². The highest BCUT2D eigenvalue weighted by Crippen LogP contribution is 2.12. The van der Waals surface area contributed by atoms with Crippen molar-refractivity contribution in [2.45, 2.75) is 6.61 Å². The first kappa shape index (κ1) is 18.5. The third kappa shape index (κ3) is 6.72. The summed E-state index contributed by atoms with van der Waals surface area (Å²) in [5, 5.41) is 2.62. The van der Waals surface area contributed by atoms with E-state index >= 15 is 0 Å². The van der Waals surface area contributed by atoms with Gasteiger partial charge in [0.1, 0.15) is 12.4 Å². The zero-order valence-corrected chi connectivity index (χ0v) is 15.0. The monoisotopic (exact) mass is 411 g/mol. The number of thioether (sulfide) groups is 1. The zero-order chi connectivity index (χ0) is 17.4. The highest BCUT2D eigenvalue weighted by atomic mass is 79.9. The largest absolute Gasteiger partial charge is 0.460 e. The lowest BCUT2D eigenvalue weighted by Crippen LogP contribution is -2.16. The standard InChI is InChI=1S/C17H15BrFNO3S/c18-13-3-1-12(2-4-13)9-23-17(22)11-24-10-16(21)20-15-7-5-14(19)6-8-15/h1-8H,9-11H2,(H,20,21). The molecule has 0 spiro atoms. The van der Waals surface area contributed by atoms with Gasteiger partial charge in [0.2, 0.25) is 5.91 Å². The lowest BCUT2D eigenvalue weighted by Gasteiger charge is -2.06. The van der Waals surface area contributed by atoms with Gasteiger partial charge in [0.25, 0.3) is 0 Å². The Morgan fingerprint density at radius 2 is 1.71 bits per heavy atom. The summed E-state index contributed by atoms with van der Waals surface area (Å²) in [5.74, 6) is -0.793. The van der Waals surface area contributed by atoms with E-state index in [9.17, 15) is 14.0 Å². The molecule has 4 nitrogen and oxygen atoms in total. The van der Waals surface area contributed by atoms with E-state index in [1.54, 1.807) is 0 Å². The smallest absolute Gasteiger partial charge is 0.316 e. The molecular weight excluding hydrogens is 397 g/mol. The number of rotatable bonds is 7. The number of halogens is 2. The van der Waals surface area contributed by atoms with Gasteiger partial charge in [0.05, 0.1) is 11.5 Å². The molecule has 0 saturated carbocycles. The number of hydrogen-bond acceptors (Lipinski definition) is 4. The number of carbonyl (C=O) groups is 2. The Balaban J connectivity index is 1.63. The molecule has 7 heteroatoms. The van der Waals surface area contributed by atoms with Crippen LogP contribution in [0.15, 0.2) is 53.0 Å². The molecule has 0 aromatic heterocycles. The fourth-order valence-electron chi connectivity index (χ4n) is 1.74. The number of amides is 1. The molecule has 2 rings (SSSR count). The van der Waals surface area contributed by atoms with Gasteiger partial charge >= 0.3 is 5.97 Å². The third-order valence-electron chi connectivity index (χ3n) is 2.89. The van der Waals surface area contributed by atoms with Gasteiger partial charge in [-0.15, -0.1) is 11.8 Å². The van der Waals surface area contributed by atoms with Gasteiger partial charge in [-0.05, 0) is 42.0 Å². The summed E-state index contributed by atoms with van der Waals surface area (Å²) in [6, 6.07) is 13.0. The highest BCUT2D eigenvalue weighted by molar-refractivity contribution is 9.10. The Hall–Kier alpha value is -1.86. The summed E-state index contributed by atoms with van der Waals surface area (Å²) in [4.78, 5) is 23.3. The van der Waals surface area contributed by atoms with Crippen molar-refractivity contribution in [1.82, 2.24) is 0 Å². The van der Waals surface area contributed by atoms with Gasteiger partial charge in [-0.25, -0.2) is 4.39 Å². The normalized spacial score (nSPS) is 10.2. The Bertz CT molecular complexity index is 692. The maximum absolute atomic E-state index is 12.8. The van der Waals surface area contributed by atoms with E-state index < -0.39 is 0 Å². The Kier molecular flexibility index (Phi) is 7.27. The van der Waals surface area contributed by atoms with Gasteiger partial charge in [0.15, 0.2) is 0 Å². The molecule has 2 aromatic rings. The van der Waals surface area contributed by atoms with Crippen molar-refractivity contribution in [3.63, 3.8) is 0 Å². The molecule has 24 heavy (non-hydrogen) atoms. The zero-order valence-electron chi connectivity index (χ0n) is 12.6. The Labute approximate surface area is 151 Å². The third-order valence-corrected chi connectivity index (χ3v) is 4.33. The van der Waals surface area contributed by atoms with Crippen molar-refractivity contribution in [2.75, 3.05) is 16.8 Å². The Morgan fingerprint density at radius 3 is 2.38 bits per heavy atom. The van der Waals surface area contributed by atoms with E-state index in [0.717, 1.165) is 21.8 Å². The summed E-state index contributed by atoms with van der Waals surface area (Å²) >= 11 is 4.49. The second kappa shape index (κ2) is 9.44. The summed E-state index contributed by atoms with van der Waals surface area (Å²) in [6.07, 6.45) is 0. The van der Waals surface area contributed by atoms with Crippen LogP contribution in [0.5, 0.6) is 0 Å². The van der Waals surface area contributed by atoms with Crippen LogP contribution < -0.4 is 5.32 Å². The number of benzene rings is 2. The first-order valence-corrected chi connectivity index (χ1v) is 9.01. The molecule has 1 N–H and O–H groups in total. The molecule has 0 aliphatic rings. The maximum Gasteiger partial charge on any atom is 0.316 e. The van der Waals surface area contributed by atoms with Crippen LogP contribution in [0.2, 0.25) is 0 Å². The summed E-state index contributed by atoms with van der Waals surface area (Å²) < 4.78 is 18.9. The first-order valence-electron chi connectivity index (χ1n) is 7.06. The van der Waals surface area contributed by atoms with Crippen molar-refractivity contribution in [3.8, 4) is 0 Å². The minimum Gasteiger partial charge on any atom is -0.460 e. The average Bonchev–Trinajstić information content (AvgIpc) is 2.56. The number of hydrogen-bond donors (Lipinski definition) is 1. The molecule has 0 heterocycles. The fourth-order valence-corrected chi connectivity index (χ4v) is 2.62. The van der Waals surface area contributed by atoms with Gasteiger partial charge in [-0.3, -0.25) is 9.59 Å². The predicted octanol–water partition coefficient (Wildman–Crippen LogP) is 4.00. The number of anilines is 1. The van der Waals surface area contributed by atoms with Crippen LogP contribution in [0, 0.1) is 5.82 Å². The van der Waals surface area contributed by atoms with Gasteiger partial charge in [0, 0.05) is 10.2 Å². The van der Waals surface area contributed by atoms with E-state index in [1.165, 1.54) is 24.3 Å². The second-order valence-corrected chi connectivity index (χ2v) is 6.74. The van der Waals surface area contributed by atoms with Crippen molar-refractivity contribution in [3.05, 3.63) is 64.4 Å². The maximum atomic E-state index is 12.8.